The fourth-order valence-electron chi connectivity index (χ4n) is 2.03. The van der Waals surface area contributed by atoms with Crippen LogP contribution in [0.5, 0.6) is 0 Å². The van der Waals surface area contributed by atoms with Gasteiger partial charge < -0.3 is 10.6 Å². The molecule has 0 bridgehead atoms. The number of hydrogen-bond acceptors (Lipinski definition) is 5. The van der Waals surface area contributed by atoms with Gasteiger partial charge in [-0.2, -0.15) is 5.10 Å². The third kappa shape index (κ3) is 3.71. The van der Waals surface area contributed by atoms with Crippen LogP contribution in [-0.4, -0.2) is 21.2 Å². The first-order chi connectivity index (χ1) is 10.1. The summed E-state index contributed by atoms with van der Waals surface area (Å²) >= 11 is 0. The number of benzene rings is 1. The molecule has 2 rings (SSSR count). The number of aromatic nitrogens is 2. The number of nitro groups is 1. The van der Waals surface area contributed by atoms with Gasteiger partial charge in [-0.15, -0.1) is 0 Å². The summed E-state index contributed by atoms with van der Waals surface area (Å²) < 4.78 is 1.70. The van der Waals surface area contributed by atoms with Gasteiger partial charge in [-0.3, -0.25) is 14.8 Å². The average molecular weight is 289 g/mol. The predicted molar refractivity (Wildman–Crippen MR) is 82.4 cm³/mol. The van der Waals surface area contributed by atoms with Crippen molar-refractivity contribution in [1.29, 1.82) is 0 Å². The lowest BCUT2D eigenvalue weighted by atomic mass is 10.2. The number of anilines is 2. The number of rotatable bonds is 7. The van der Waals surface area contributed by atoms with Gasteiger partial charge in [0.05, 0.1) is 17.2 Å². The average Bonchev–Trinajstić information content (AvgIpc) is 2.88. The second kappa shape index (κ2) is 6.74. The minimum absolute atomic E-state index is 0.0712. The SMILES string of the molecule is CCCNc1cccc(NCc2ccn(C)n2)c1[N+](=O)[O-]. The normalized spacial score (nSPS) is 10.4. The molecule has 21 heavy (non-hydrogen) atoms. The van der Waals surface area contributed by atoms with E-state index < -0.39 is 0 Å². The van der Waals surface area contributed by atoms with E-state index >= 15 is 0 Å². The molecule has 0 atom stereocenters. The highest BCUT2D eigenvalue weighted by molar-refractivity contribution is 5.76. The molecular formula is C14H19N5O2. The van der Waals surface area contributed by atoms with Gasteiger partial charge in [-0.25, -0.2) is 0 Å². The molecule has 0 aliphatic rings. The van der Waals surface area contributed by atoms with Crippen molar-refractivity contribution < 1.29 is 4.92 Å². The summed E-state index contributed by atoms with van der Waals surface area (Å²) in [5.74, 6) is 0. The van der Waals surface area contributed by atoms with Gasteiger partial charge in [0.2, 0.25) is 0 Å². The molecule has 7 nitrogen and oxygen atoms in total. The molecule has 0 unspecified atom stereocenters. The van der Waals surface area contributed by atoms with Crippen LogP contribution >= 0.6 is 0 Å². The monoisotopic (exact) mass is 289 g/mol. The van der Waals surface area contributed by atoms with Crippen LogP contribution in [0.25, 0.3) is 0 Å². The summed E-state index contributed by atoms with van der Waals surface area (Å²) in [6.45, 7) is 3.16. The van der Waals surface area contributed by atoms with E-state index in [1.165, 1.54) is 0 Å². The number of nitrogens with one attached hydrogen (secondary N) is 2. The molecule has 0 saturated heterocycles. The number of hydrogen-bond donors (Lipinski definition) is 2. The second-order valence-corrected chi connectivity index (χ2v) is 4.72. The van der Waals surface area contributed by atoms with Crippen LogP contribution in [0.4, 0.5) is 17.1 Å². The smallest absolute Gasteiger partial charge is 0.315 e. The topological polar surface area (TPSA) is 85.0 Å². The molecule has 7 heteroatoms. The van der Waals surface area contributed by atoms with Gasteiger partial charge in [0.1, 0.15) is 11.4 Å². The number of aryl methyl sites for hydroxylation is 1. The lowest BCUT2D eigenvalue weighted by molar-refractivity contribution is -0.383. The Morgan fingerprint density at radius 3 is 2.57 bits per heavy atom. The summed E-state index contributed by atoms with van der Waals surface area (Å²) in [4.78, 5) is 11.0. The molecule has 0 amide bonds. The van der Waals surface area contributed by atoms with Crippen molar-refractivity contribution >= 4 is 17.1 Å². The second-order valence-electron chi connectivity index (χ2n) is 4.72. The van der Waals surface area contributed by atoms with Gasteiger partial charge in [0, 0.05) is 19.8 Å². The highest BCUT2D eigenvalue weighted by Crippen LogP contribution is 2.33. The van der Waals surface area contributed by atoms with Crippen LogP contribution in [0.15, 0.2) is 30.5 Å². The summed E-state index contributed by atoms with van der Waals surface area (Å²) in [5.41, 5.74) is 1.93. The predicted octanol–water partition coefficient (Wildman–Crippen LogP) is 2.76. The van der Waals surface area contributed by atoms with Gasteiger partial charge in [-0.05, 0) is 24.6 Å². The van der Waals surface area contributed by atoms with Crippen LogP contribution < -0.4 is 10.6 Å². The van der Waals surface area contributed by atoms with E-state index in [1.54, 1.807) is 22.9 Å². The fraction of sp³-hybridized carbons (Fsp3) is 0.357. The molecule has 0 fully saturated rings. The molecule has 2 N–H and O–H groups in total. The minimum atomic E-state index is -0.362. The van der Waals surface area contributed by atoms with E-state index in [-0.39, 0.29) is 10.6 Å². The molecule has 112 valence electrons. The van der Waals surface area contributed by atoms with E-state index in [4.69, 9.17) is 0 Å². The van der Waals surface area contributed by atoms with Crippen molar-refractivity contribution in [3.8, 4) is 0 Å². The first-order valence-electron chi connectivity index (χ1n) is 6.85. The van der Waals surface area contributed by atoms with Gasteiger partial charge in [0.15, 0.2) is 0 Å². The highest BCUT2D eigenvalue weighted by atomic mass is 16.6. The summed E-state index contributed by atoms with van der Waals surface area (Å²) in [6, 6.07) is 7.10. The zero-order chi connectivity index (χ0) is 15.2. The molecule has 2 aromatic rings. The first kappa shape index (κ1) is 14.8. The Bertz CT molecular complexity index is 624. The van der Waals surface area contributed by atoms with E-state index in [0.29, 0.717) is 24.5 Å². The number of para-hydroxylation sites is 1. The zero-order valence-corrected chi connectivity index (χ0v) is 12.2. The number of nitrogens with zero attached hydrogens (tertiary/aromatic N) is 3. The maximum Gasteiger partial charge on any atom is 0.315 e. The largest absolute Gasteiger partial charge is 0.379 e. The molecule has 0 aliphatic heterocycles. The fourth-order valence-corrected chi connectivity index (χ4v) is 2.03. The Morgan fingerprint density at radius 2 is 2.00 bits per heavy atom. The van der Waals surface area contributed by atoms with Crippen LogP contribution in [0.2, 0.25) is 0 Å². The first-order valence-corrected chi connectivity index (χ1v) is 6.85. The summed E-state index contributed by atoms with van der Waals surface area (Å²) in [6.07, 6.45) is 2.74. The third-order valence-corrected chi connectivity index (χ3v) is 3.01. The Balaban J connectivity index is 2.19. The van der Waals surface area contributed by atoms with Crippen LogP contribution in [0, 0.1) is 10.1 Å². The molecule has 0 spiro atoms. The Hall–Kier alpha value is -2.57. The van der Waals surface area contributed by atoms with Crippen molar-refractivity contribution in [3.05, 3.63) is 46.3 Å². The maximum absolute atomic E-state index is 11.3. The molecule has 1 heterocycles. The van der Waals surface area contributed by atoms with E-state index in [1.807, 2.05) is 26.2 Å². The zero-order valence-electron chi connectivity index (χ0n) is 12.2. The number of nitro benzene ring substituents is 1. The van der Waals surface area contributed by atoms with Gasteiger partial charge in [-0.1, -0.05) is 13.0 Å². The van der Waals surface area contributed by atoms with E-state index in [9.17, 15) is 10.1 Å². The van der Waals surface area contributed by atoms with Crippen molar-refractivity contribution in [2.24, 2.45) is 7.05 Å². The van der Waals surface area contributed by atoms with Crippen LogP contribution in [0.3, 0.4) is 0 Å². The van der Waals surface area contributed by atoms with Crippen LogP contribution in [-0.2, 0) is 13.6 Å². The highest BCUT2D eigenvalue weighted by Gasteiger charge is 2.19. The molecule has 1 aromatic heterocycles. The Labute approximate surface area is 123 Å². The standard InChI is InChI=1S/C14H19N5O2/c1-3-8-15-12-5-4-6-13(14(12)19(20)21)16-10-11-7-9-18(2)17-11/h4-7,9,15-16H,3,8,10H2,1-2H3. The molecule has 0 saturated carbocycles. The van der Waals surface area contributed by atoms with Gasteiger partial charge in [0.25, 0.3) is 0 Å². The van der Waals surface area contributed by atoms with Crippen molar-refractivity contribution in [2.75, 3.05) is 17.2 Å². The lowest BCUT2D eigenvalue weighted by Gasteiger charge is -2.10. The van der Waals surface area contributed by atoms with Gasteiger partial charge >= 0.3 is 5.69 Å². The summed E-state index contributed by atoms with van der Waals surface area (Å²) in [5, 5.41) is 21.7. The Kier molecular flexibility index (Phi) is 4.76. The van der Waals surface area contributed by atoms with Crippen molar-refractivity contribution in [3.63, 3.8) is 0 Å². The summed E-state index contributed by atoms with van der Waals surface area (Å²) in [7, 11) is 1.83. The lowest BCUT2D eigenvalue weighted by Crippen LogP contribution is -2.07. The molecule has 0 radical (unpaired) electrons. The van der Waals surface area contributed by atoms with Crippen molar-refractivity contribution in [2.45, 2.75) is 19.9 Å². The van der Waals surface area contributed by atoms with Crippen LogP contribution in [0.1, 0.15) is 19.0 Å². The Morgan fingerprint density at radius 1 is 1.29 bits per heavy atom. The molecule has 1 aromatic carbocycles. The molecular weight excluding hydrogens is 270 g/mol. The molecule has 0 aliphatic carbocycles. The maximum atomic E-state index is 11.3. The minimum Gasteiger partial charge on any atom is -0.379 e. The third-order valence-electron chi connectivity index (χ3n) is 3.01. The van der Waals surface area contributed by atoms with E-state index in [2.05, 4.69) is 15.7 Å². The quantitative estimate of drug-likeness (QED) is 0.604. The van der Waals surface area contributed by atoms with E-state index in [0.717, 1.165) is 12.1 Å². The van der Waals surface area contributed by atoms with Crippen molar-refractivity contribution in [1.82, 2.24) is 9.78 Å².